The summed E-state index contributed by atoms with van der Waals surface area (Å²) in [5.41, 5.74) is 0.518. The Balaban J connectivity index is 1.90. The van der Waals surface area contributed by atoms with Crippen LogP contribution in [-0.4, -0.2) is 56.1 Å². The minimum Gasteiger partial charge on any atom is -0.501 e. The fraction of sp³-hybridized carbons (Fsp3) is 0.583. The van der Waals surface area contributed by atoms with Crippen LogP contribution in [0.5, 0.6) is 0 Å². The monoisotopic (exact) mass is 478 g/mol. The van der Waals surface area contributed by atoms with E-state index in [-0.39, 0.29) is 23.8 Å². The predicted molar refractivity (Wildman–Crippen MR) is 123 cm³/mol. The first-order valence-electron chi connectivity index (χ1n) is 11.1. The van der Waals surface area contributed by atoms with Gasteiger partial charge in [0, 0.05) is 0 Å². The number of rotatable bonds is 7. The summed E-state index contributed by atoms with van der Waals surface area (Å²) in [4.78, 5) is 25.3. The molecule has 8 nitrogen and oxygen atoms in total. The second-order valence-electron chi connectivity index (χ2n) is 10.4. The van der Waals surface area contributed by atoms with Crippen LogP contribution in [0.25, 0.3) is 0 Å². The molecule has 2 aliphatic heterocycles. The minimum absolute atomic E-state index is 0.0127. The summed E-state index contributed by atoms with van der Waals surface area (Å²) in [7, 11) is -2.41. The van der Waals surface area contributed by atoms with Crippen molar-refractivity contribution in [1.82, 2.24) is 0 Å². The van der Waals surface area contributed by atoms with E-state index in [9.17, 15) is 14.7 Å². The molecule has 1 aromatic rings. The van der Waals surface area contributed by atoms with Crippen molar-refractivity contribution >= 4 is 20.3 Å². The molecule has 0 aromatic heterocycles. The van der Waals surface area contributed by atoms with Crippen LogP contribution in [0.3, 0.4) is 0 Å². The number of hydrogen-bond donors (Lipinski definition) is 1. The van der Waals surface area contributed by atoms with Crippen LogP contribution in [-0.2, 0) is 39.6 Å². The van der Waals surface area contributed by atoms with Gasteiger partial charge in [0.1, 0.15) is 24.4 Å². The van der Waals surface area contributed by atoms with Crippen molar-refractivity contribution in [2.45, 2.75) is 83.5 Å². The van der Waals surface area contributed by atoms with Crippen molar-refractivity contribution in [3.63, 3.8) is 0 Å². The number of aliphatic hydroxyl groups excluding tert-OH is 1. The molecular weight excluding hydrogens is 444 g/mol. The van der Waals surface area contributed by atoms with E-state index in [4.69, 9.17) is 23.4 Å². The van der Waals surface area contributed by atoms with Gasteiger partial charge in [-0.1, -0.05) is 51.1 Å². The molecule has 2 aliphatic rings. The zero-order chi connectivity index (χ0) is 24.6. The normalized spacial score (nSPS) is 24.0. The zero-order valence-electron chi connectivity index (χ0n) is 20.3. The number of aliphatic hydroxyl groups is 1. The fourth-order valence-corrected chi connectivity index (χ4v) is 4.76. The number of hydrogen-bond acceptors (Lipinski definition) is 8. The summed E-state index contributed by atoms with van der Waals surface area (Å²) < 4.78 is 29.2. The van der Waals surface area contributed by atoms with Crippen LogP contribution in [0.4, 0.5) is 0 Å². The molecule has 1 N–H and O–H groups in total. The third kappa shape index (κ3) is 5.66. The number of esters is 2. The molecule has 0 spiro atoms. The number of benzene rings is 1. The van der Waals surface area contributed by atoms with Crippen LogP contribution >= 0.6 is 0 Å². The summed E-state index contributed by atoms with van der Waals surface area (Å²) in [6.45, 7) is 14.1. The molecule has 33 heavy (non-hydrogen) atoms. The molecule has 3 atom stereocenters. The van der Waals surface area contributed by atoms with Gasteiger partial charge in [-0.15, -0.1) is 0 Å². The molecule has 3 rings (SSSR count). The number of cyclic esters (lactones) is 1. The van der Waals surface area contributed by atoms with Gasteiger partial charge in [0.25, 0.3) is 0 Å². The Bertz CT molecular complexity index is 916. The summed E-state index contributed by atoms with van der Waals surface area (Å²) in [6.07, 6.45) is -2.66. The standard InChI is InChI=1S/C24H34O8Si/c1-23(2,3)33(6,7)32-19(16-14-29-24(4,5)31-16)20-17(18(25)22(27)30-20)21(26)28-13-15-11-9-8-10-12-15/h8-12,16,19-20,25H,13-14H2,1-7H3/t16-,19-,20+/m1/s1. The Morgan fingerprint density at radius 1 is 1.24 bits per heavy atom. The quantitative estimate of drug-likeness (QED) is 0.463. The van der Waals surface area contributed by atoms with Crippen LogP contribution < -0.4 is 0 Å². The Morgan fingerprint density at radius 3 is 2.42 bits per heavy atom. The minimum atomic E-state index is -2.41. The summed E-state index contributed by atoms with van der Waals surface area (Å²) in [6, 6.07) is 9.13. The fourth-order valence-electron chi connectivity index (χ4n) is 3.45. The highest BCUT2D eigenvalue weighted by molar-refractivity contribution is 6.74. The lowest BCUT2D eigenvalue weighted by molar-refractivity contribution is -0.165. The van der Waals surface area contributed by atoms with Gasteiger partial charge in [0.15, 0.2) is 20.2 Å². The maximum absolute atomic E-state index is 13.0. The van der Waals surface area contributed by atoms with Crippen molar-refractivity contribution in [1.29, 1.82) is 0 Å². The van der Waals surface area contributed by atoms with Gasteiger partial charge in [-0.05, 0) is 37.5 Å². The van der Waals surface area contributed by atoms with E-state index in [1.807, 2.05) is 30.3 Å². The van der Waals surface area contributed by atoms with Crippen molar-refractivity contribution in [2.75, 3.05) is 6.61 Å². The van der Waals surface area contributed by atoms with Crippen LogP contribution in [0, 0.1) is 0 Å². The first kappa shape index (κ1) is 25.4. The summed E-state index contributed by atoms with van der Waals surface area (Å²) in [5, 5.41) is 10.3. The molecule has 0 unspecified atom stereocenters. The first-order valence-corrected chi connectivity index (χ1v) is 14.0. The maximum Gasteiger partial charge on any atom is 0.374 e. The smallest absolute Gasteiger partial charge is 0.374 e. The molecule has 0 radical (unpaired) electrons. The second-order valence-corrected chi connectivity index (χ2v) is 15.1. The average molecular weight is 479 g/mol. The molecule has 1 fully saturated rings. The van der Waals surface area contributed by atoms with Crippen LogP contribution in [0.2, 0.25) is 18.1 Å². The lowest BCUT2D eigenvalue weighted by atomic mass is 10.0. The van der Waals surface area contributed by atoms with E-state index in [0.29, 0.717) is 0 Å². The number of carbonyl (C=O) groups is 2. The van der Waals surface area contributed by atoms with Gasteiger partial charge in [-0.2, -0.15) is 0 Å². The van der Waals surface area contributed by atoms with Gasteiger partial charge in [-0.25, -0.2) is 9.59 Å². The summed E-state index contributed by atoms with van der Waals surface area (Å²) >= 11 is 0. The highest BCUT2D eigenvalue weighted by Gasteiger charge is 2.53. The first-order chi connectivity index (χ1) is 15.2. The van der Waals surface area contributed by atoms with Crippen molar-refractivity contribution in [3.05, 3.63) is 47.2 Å². The molecule has 1 aromatic carbocycles. The highest BCUT2D eigenvalue weighted by Crippen LogP contribution is 2.41. The Morgan fingerprint density at radius 2 is 1.88 bits per heavy atom. The Hall–Kier alpha value is -2.20. The Kier molecular flexibility index (Phi) is 7.09. The molecule has 0 aliphatic carbocycles. The van der Waals surface area contributed by atoms with E-state index in [1.54, 1.807) is 13.8 Å². The molecule has 9 heteroatoms. The lowest BCUT2D eigenvalue weighted by Gasteiger charge is -2.41. The SMILES string of the molecule is CC1(C)OC[C@H]([C@@H](O[Si](C)(C)C(C)(C)C)[C@H]2OC(=O)C(O)=C2C(=O)OCc2ccccc2)O1. The lowest BCUT2D eigenvalue weighted by Crippen LogP contribution is -2.53. The molecule has 182 valence electrons. The molecule has 0 saturated carbocycles. The van der Waals surface area contributed by atoms with E-state index in [2.05, 4.69) is 33.9 Å². The highest BCUT2D eigenvalue weighted by atomic mass is 28.4. The van der Waals surface area contributed by atoms with Gasteiger partial charge >= 0.3 is 11.9 Å². The van der Waals surface area contributed by atoms with Gasteiger partial charge < -0.3 is 28.5 Å². The molecule has 2 heterocycles. The third-order valence-corrected chi connectivity index (χ3v) is 10.8. The Labute approximate surface area is 195 Å². The topological polar surface area (TPSA) is 101 Å². The second kappa shape index (κ2) is 9.21. The average Bonchev–Trinajstić information content (AvgIpc) is 3.23. The van der Waals surface area contributed by atoms with E-state index in [1.165, 1.54) is 0 Å². The molecule has 0 amide bonds. The van der Waals surface area contributed by atoms with Gasteiger partial charge in [0.05, 0.1) is 6.61 Å². The van der Waals surface area contributed by atoms with Crippen molar-refractivity contribution < 1.29 is 38.1 Å². The largest absolute Gasteiger partial charge is 0.501 e. The van der Waals surface area contributed by atoms with E-state index < -0.39 is 50.1 Å². The zero-order valence-corrected chi connectivity index (χ0v) is 21.3. The third-order valence-electron chi connectivity index (χ3n) is 6.33. The van der Waals surface area contributed by atoms with Gasteiger partial charge in [-0.3, -0.25) is 0 Å². The molecular formula is C24H34O8Si. The predicted octanol–water partition coefficient (Wildman–Crippen LogP) is 4.01. The van der Waals surface area contributed by atoms with Gasteiger partial charge in [0.2, 0.25) is 5.76 Å². The van der Waals surface area contributed by atoms with Crippen molar-refractivity contribution in [3.8, 4) is 0 Å². The van der Waals surface area contributed by atoms with E-state index >= 15 is 0 Å². The number of carbonyl (C=O) groups excluding carboxylic acids is 2. The molecule has 0 bridgehead atoms. The van der Waals surface area contributed by atoms with E-state index in [0.717, 1.165) is 5.56 Å². The maximum atomic E-state index is 13.0. The summed E-state index contributed by atoms with van der Waals surface area (Å²) in [5.74, 6) is -3.45. The number of ether oxygens (including phenoxy) is 4. The van der Waals surface area contributed by atoms with Crippen LogP contribution in [0.15, 0.2) is 41.7 Å². The van der Waals surface area contributed by atoms with Crippen LogP contribution in [0.1, 0.15) is 40.2 Å². The van der Waals surface area contributed by atoms with Crippen molar-refractivity contribution in [2.24, 2.45) is 0 Å². The molecule has 1 saturated heterocycles.